The van der Waals surface area contributed by atoms with Gasteiger partial charge in [-0.25, -0.2) is 0 Å². The van der Waals surface area contributed by atoms with Crippen molar-refractivity contribution in [2.45, 2.75) is 25.5 Å². The summed E-state index contributed by atoms with van der Waals surface area (Å²) < 4.78 is 21.0. The predicted octanol–water partition coefficient (Wildman–Crippen LogP) is 7.59. The van der Waals surface area contributed by atoms with Crippen LogP contribution in [0.1, 0.15) is 31.1 Å². The molecule has 2 atom stereocenters. The van der Waals surface area contributed by atoms with Crippen molar-refractivity contribution in [3.8, 4) is 0 Å². The predicted molar refractivity (Wildman–Crippen MR) is 138 cm³/mol. The van der Waals surface area contributed by atoms with E-state index in [1.54, 1.807) is 18.2 Å². The molecule has 0 heterocycles. The Labute approximate surface area is 201 Å². The second-order valence-electron chi connectivity index (χ2n) is 7.74. The SMILES string of the molecule is CCCCOP(=O)(c1ccc(N(C)C)cc1)C(Nc1ccccc1)c1c(Cl)cccc1Cl. The van der Waals surface area contributed by atoms with Crippen LogP contribution in [0.5, 0.6) is 0 Å². The molecule has 0 spiro atoms. The molecular weight excluding hydrogens is 462 g/mol. The van der Waals surface area contributed by atoms with Gasteiger partial charge in [0.25, 0.3) is 7.37 Å². The lowest BCUT2D eigenvalue weighted by Gasteiger charge is -2.31. The largest absolute Gasteiger partial charge is 0.378 e. The van der Waals surface area contributed by atoms with Gasteiger partial charge < -0.3 is 14.7 Å². The minimum absolute atomic E-state index is 0.373. The van der Waals surface area contributed by atoms with E-state index in [0.29, 0.717) is 27.5 Å². The van der Waals surface area contributed by atoms with Gasteiger partial charge in [0.15, 0.2) is 0 Å². The molecule has 0 aromatic heterocycles. The van der Waals surface area contributed by atoms with Crippen molar-refractivity contribution in [2.24, 2.45) is 0 Å². The van der Waals surface area contributed by atoms with E-state index in [0.717, 1.165) is 24.2 Å². The minimum Gasteiger partial charge on any atom is -0.378 e. The standard InChI is InChI=1S/C25H29Cl2N2O2P/c1-4-5-18-31-32(30,21-16-14-20(15-17-21)29(2)3)25(28-19-10-7-6-8-11-19)24-22(26)12-9-13-23(24)27/h6-17,25,28H,4-5,18H2,1-3H3. The molecule has 0 bridgehead atoms. The van der Waals surface area contributed by atoms with E-state index in [9.17, 15) is 4.57 Å². The van der Waals surface area contributed by atoms with Crippen LogP contribution in [-0.2, 0) is 9.09 Å². The van der Waals surface area contributed by atoms with Crippen LogP contribution in [0.2, 0.25) is 10.0 Å². The van der Waals surface area contributed by atoms with Gasteiger partial charge in [-0.3, -0.25) is 4.57 Å². The molecule has 0 saturated carbocycles. The Balaban J connectivity index is 2.17. The Bertz CT molecular complexity index is 1040. The van der Waals surface area contributed by atoms with Crippen LogP contribution in [0.25, 0.3) is 0 Å². The number of hydrogen-bond acceptors (Lipinski definition) is 4. The van der Waals surface area contributed by atoms with E-state index in [1.807, 2.05) is 73.6 Å². The first-order chi connectivity index (χ1) is 15.4. The summed E-state index contributed by atoms with van der Waals surface area (Å²) in [5, 5.41) is 4.91. The minimum atomic E-state index is -3.50. The molecule has 0 aliphatic rings. The molecule has 0 aliphatic carbocycles. The van der Waals surface area contributed by atoms with Gasteiger partial charge in [-0.1, -0.05) is 60.8 Å². The number of rotatable bonds is 10. The summed E-state index contributed by atoms with van der Waals surface area (Å²) >= 11 is 13.2. The number of anilines is 2. The summed E-state index contributed by atoms with van der Waals surface area (Å²) in [7, 11) is 0.434. The maximum Gasteiger partial charge on any atom is 0.258 e. The molecule has 170 valence electrons. The van der Waals surface area contributed by atoms with Gasteiger partial charge >= 0.3 is 0 Å². The highest BCUT2D eigenvalue weighted by atomic mass is 35.5. The highest BCUT2D eigenvalue weighted by Gasteiger charge is 2.40. The maximum atomic E-state index is 14.8. The fourth-order valence-corrected chi connectivity index (χ4v) is 6.66. The second-order valence-corrected chi connectivity index (χ2v) is 11.0. The van der Waals surface area contributed by atoms with Crippen molar-refractivity contribution in [3.63, 3.8) is 0 Å². The Hall–Kier alpha value is -1.97. The first kappa shape index (κ1) is 24.7. The quantitative estimate of drug-likeness (QED) is 0.234. The van der Waals surface area contributed by atoms with E-state index < -0.39 is 13.2 Å². The fourth-order valence-electron chi connectivity index (χ4n) is 3.39. The number of nitrogens with one attached hydrogen (secondary N) is 1. The Kier molecular flexibility index (Phi) is 8.67. The monoisotopic (exact) mass is 490 g/mol. The molecule has 4 nitrogen and oxygen atoms in total. The van der Waals surface area contributed by atoms with E-state index >= 15 is 0 Å². The van der Waals surface area contributed by atoms with Crippen molar-refractivity contribution >= 4 is 47.3 Å². The lowest BCUT2D eigenvalue weighted by Crippen LogP contribution is -2.22. The number of unbranched alkanes of at least 4 members (excludes halogenated alkanes) is 1. The fraction of sp³-hybridized carbons (Fsp3) is 0.280. The Morgan fingerprint density at radius 2 is 1.56 bits per heavy atom. The second kappa shape index (κ2) is 11.2. The molecule has 3 rings (SSSR count). The normalized spacial score (nSPS) is 13.9. The van der Waals surface area contributed by atoms with Gasteiger partial charge in [0, 0.05) is 46.4 Å². The van der Waals surface area contributed by atoms with E-state index in [-0.39, 0.29) is 0 Å². The van der Waals surface area contributed by atoms with Crippen LogP contribution >= 0.6 is 30.6 Å². The molecule has 32 heavy (non-hydrogen) atoms. The van der Waals surface area contributed by atoms with Crippen LogP contribution in [0.3, 0.4) is 0 Å². The summed E-state index contributed by atoms with van der Waals surface area (Å²) in [4.78, 5) is 2.00. The molecule has 7 heteroatoms. The molecule has 3 aromatic carbocycles. The average Bonchev–Trinajstić information content (AvgIpc) is 2.79. The highest BCUT2D eigenvalue weighted by molar-refractivity contribution is 7.67. The third-order valence-electron chi connectivity index (χ3n) is 5.20. The number of benzene rings is 3. The number of halogens is 2. The molecule has 0 aliphatic heterocycles. The van der Waals surface area contributed by atoms with Gasteiger partial charge in [-0.05, 0) is 55.0 Å². The topological polar surface area (TPSA) is 41.6 Å². The third-order valence-corrected chi connectivity index (χ3v) is 8.51. The number of nitrogens with zero attached hydrogens (tertiary/aromatic N) is 1. The van der Waals surface area contributed by atoms with Gasteiger partial charge in [0.05, 0.1) is 6.61 Å². The first-order valence-electron chi connectivity index (χ1n) is 10.6. The Morgan fingerprint density at radius 1 is 0.938 bits per heavy atom. The van der Waals surface area contributed by atoms with Crippen LogP contribution in [0.4, 0.5) is 11.4 Å². The van der Waals surface area contributed by atoms with E-state index in [2.05, 4.69) is 12.2 Å². The molecule has 1 N–H and O–H groups in total. The van der Waals surface area contributed by atoms with Gasteiger partial charge in [-0.2, -0.15) is 0 Å². The average molecular weight is 491 g/mol. The van der Waals surface area contributed by atoms with Crippen molar-refractivity contribution in [3.05, 3.63) is 88.4 Å². The number of para-hydroxylation sites is 1. The number of hydrogen-bond donors (Lipinski definition) is 1. The zero-order valence-corrected chi connectivity index (χ0v) is 21.0. The van der Waals surface area contributed by atoms with Crippen molar-refractivity contribution in [1.29, 1.82) is 0 Å². The van der Waals surface area contributed by atoms with Crippen molar-refractivity contribution < 1.29 is 9.09 Å². The third kappa shape index (κ3) is 5.68. The Morgan fingerprint density at radius 3 is 2.12 bits per heavy atom. The van der Waals surface area contributed by atoms with Crippen LogP contribution in [-0.4, -0.2) is 20.7 Å². The molecule has 0 saturated heterocycles. The zero-order valence-electron chi connectivity index (χ0n) is 18.6. The molecule has 2 unspecified atom stereocenters. The van der Waals surface area contributed by atoms with Crippen molar-refractivity contribution in [1.82, 2.24) is 0 Å². The van der Waals surface area contributed by atoms with Gasteiger partial charge in [0.2, 0.25) is 0 Å². The maximum absolute atomic E-state index is 14.8. The smallest absolute Gasteiger partial charge is 0.258 e. The molecule has 0 amide bonds. The van der Waals surface area contributed by atoms with Gasteiger partial charge in [0.1, 0.15) is 5.78 Å². The van der Waals surface area contributed by atoms with Crippen LogP contribution in [0, 0.1) is 0 Å². The van der Waals surface area contributed by atoms with E-state index in [1.165, 1.54) is 0 Å². The lowest BCUT2D eigenvalue weighted by molar-refractivity contribution is 0.308. The highest BCUT2D eigenvalue weighted by Crippen LogP contribution is 2.61. The molecule has 3 aromatic rings. The molecule has 0 radical (unpaired) electrons. The summed E-state index contributed by atoms with van der Waals surface area (Å²) in [6, 6.07) is 22.5. The zero-order chi connectivity index (χ0) is 23.1. The molecule has 0 fully saturated rings. The summed E-state index contributed by atoms with van der Waals surface area (Å²) in [5.74, 6) is -0.756. The summed E-state index contributed by atoms with van der Waals surface area (Å²) in [6.45, 7) is 2.45. The first-order valence-corrected chi connectivity index (χ1v) is 13.1. The van der Waals surface area contributed by atoms with Gasteiger partial charge in [-0.15, -0.1) is 0 Å². The van der Waals surface area contributed by atoms with Crippen LogP contribution < -0.4 is 15.5 Å². The summed E-state index contributed by atoms with van der Waals surface area (Å²) in [6.07, 6.45) is 1.73. The lowest BCUT2D eigenvalue weighted by atomic mass is 10.2. The van der Waals surface area contributed by atoms with E-state index in [4.69, 9.17) is 27.7 Å². The van der Waals surface area contributed by atoms with Crippen molar-refractivity contribution in [2.75, 3.05) is 30.9 Å². The molecular formula is C25H29Cl2N2O2P. The summed E-state index contributed by atoms with van der Waals surface area (Å²) in [5.41, 5.74) is 2.38. The van der Waals surface area contributed by atoms with Crippen LogP contribution in [0.15, 0.2) is 72.8 Å².